The Morgan fingerprint density at radius 3 is 0.909 bits per heavy atom. The lowest BCUT2D eigenvalue weighted by molar-refractivity contribution is -0.144. The molecule has 0 heterocycles. The van der Waals surface area contributed by atoms with Crippen LogP contribution in [0.5, 0.6) is 0 Å². The first-order valence-electron chi connectivity index (χ1n) is 20.0. The quantitative estimate of drug-likeness (QED) is 0.0563. The Bertz CT molecular complexity index is 547. The SMILES string of the molecule is CCCCCCCCCCCCCCCC(=O)O.CCCCCCCCCCCCCCCC(=O)OCCCCCCCC. The highest BCUT2D eigenvalue weighted by Crippen LogP contribution is 2.14. The lowest BCUT2D eigenvalue weighted by atomic mass is 10.0. The Kier molecular flexibility index (Phi) is 43.0. The van der Waals surface area contributed by atoms with Gasteiger partial charge < -0.3 is 9.84 Å². The zero-order valence-electron chi connectivity index (χ0n) is 30.4. The average molecular weight is 625 g/mol. The summed E-state index contributed by atoms with van der Waals surface area (Å²) in [4.78, 5) is 22.0. The summed E-state index contributed by atoms with van der Waals surface area (Å²) in [5, 5.41) is 8.49. The smallest absolute Gasteiger partial charge is 0.305 e. The van der Waals surface area contributed by atoms with Crippen molar-refractivity contribution in [3.63, 3.8) is 0 Å². The number of carbonyl (C=O) groups is 2. The zero-order valence-corrected chi connectivity index (χ0v) is 30.4. The molecule has 0 saturated heterocycles. The predicted octanol–water partition coefficient (Wildman–Crippen LogP) is 13.9. The van der Waals surface area contributed by atoms with E-state index in [0.717, 1.165) is 25.7 Å². The number of hydrogen-bond acceptors (Lipinski definition) is 3. The van der Waals surface area contributed by atoms with Crippen LogP contribution in [0.1, 0.15) is 239 Å². The third-order valence-corrected chi connectivity index (χ3v) is 8.74. The zero-order chi connectivity index (χ0) is 32.6. The van der Waals surface area contributed by atoms with Gasteiger partial charge >= 0.3 is 11.9 Å². The number of ether oxygens (including phenoxy) is 1. The predicted molar refractivity (Wildman–Crippen MR) is 193 cm³/mol. The number of carboxylic acid groups (broad SMARTS) is 1. The second-order valence-corrected chi connectivity index (χ2v) is 13.4. The van der Waals surface area contributed by atoms with Crippen LogP contribution < -0.4 is 0 Å². The van der Waals surface area contributed by atoms with Gasteiger partial charge in [-0.1, -0.05) is 207 Å². The summed E-state index contributed by atoms with van der Waals surface area (Å²) in [6.07, 6.45) is 42.8. The van der Waals surface area contributed by atoms with Crippen molar-refractivity contribution in [2.75, 3.05) is 6.61 Å². The first-order chi connectivity index (χ1) is 21.6. The van der Waals surface area contributed by atoms with E-state index in [-0.39, 0.29) is 5.97 Å². The molecule has 0 aliphatic rings. The Morgan fingerprint density at radius 2 is 0.614 bits per heavy atom. The fourth-order valence-electron chi connectivity index (χ4n) is 5.72. The maximum Gasteiger partial charge on any atom is 0.305 e. The Hall–Kier alpha value is -1.06. The number of carboxylic acids is 1. The van der Waals surface area contributed by atoms with Gasteiger partial charge in [-0.15, -0.1) is 0 Å². The summed E-state index contributed by atoms with van der Waals surface area (Å²) in [6, 6.07) is 0. The van der Waals surface area contributed by atoms with Crippen molar-refractivity contribution in [2.24, 2.45) is 0 Å². The van der Waals surface area contributed by atoms with Crippen LogP contribution in [-0.4, -0.2) is 23.7 Å². The molecule has 0 rings (SSSR count). The molecule has 4 heteroatoms. The monoisotopic (exact) mass is 625 g/mol. The van der Waals surface area contributed by atoms with Crippen LogP contribution in [0.15, 0.2) is 0 Å². The Labute approximate surface area is 276 Å². The highest BCUT2D eigenvalue weighted by molar-refractivity contribution is 5.69. The minimum Gasteiger partial charge on any atom is -0.481 e. The molecule has 0 saturated carbocycles. The average Bonchev–Trinajstić information content (AvgIpc) is 3.01. The molecule has 0 fully saturated rings. The van der Waals surface area contributed by atoms with E-state index >= 15 is 0 Å². The van der Waals surface area contributed by atoms with Crippen LogP contribution in [0.2, 0.25) is 0 Å². The van der Waals surface area contributed by atoms with Crippen LogP contribution in [0.25, 0.3) is 0 Å². The number of carbonyl (C=O) groups excluding carboxylic acids is 1. The lowest BCUT2D eigenvalue weighted by Crippen LogP contribution is -2.05. The fourth-order valence-corrected chi connectivity index (χ4v) is 5.72. The molecule has 0 amide bonds. The van der Waals surface area contributed by atoms with Gasteiger partial charge in [0.25, 0.3) is 0 Å². The summed E-state index contributed by atoms with van der Waals surface area (Å²) in [5.41, 5.74) is 0. The molecule has 0 bridgehead atoms. The third kappa shape index (κ3) is 45.4. The summed E-state index contributed by atoms with van der Waals surface area (Å²) in [6.45, 7) is 7.40. The summed E-state index contributed by atoms with van der Waals surface area (Å²) >= 11 is 0. The molecule has 0 aromatic rings. The van der Waals surface area contributed by atoms with Crippen LogP contribution in [0.3, 0.4) is 0 Å². The number of unbranched alkanes of at least 4 members (excludes halogenated alkanes) is 29. The van der Waals surface area contributed by atoms with E-state index in [2.05, 4.69) is 20.8 Å². The molecule has 44 heavy (non-hydrogen) atoms. The first-order valence-corrected chi connectivity index (χ1v) is 20.0. The van der Waals surface area contributed by atoms with Gasteiger partial charge in [-0.25, -0.2) is 0 Å². The summed E-state index contributed by atoms with van der Waals surface area (Å²) in [5.74, 6) is -0.639. The number of hydrogen-bond donors (Lipinski definition) is 1. The minimum absolute atomic E-state index is 0.0154. The number of aliphatic carboxylic acids is 1. The van der Waals surface area contributed by atoms with Gasteiger partial charge in [0.15, 0.2) is 0 Å². The largest absolute Gasteiger partial charge is 0.481 e. The van der Waals surface area contributed by atoms with Crippen LogP contribution in [0, 0.1) is 0 Å². The van der Waals surface area contributed by atoms with E-state index < -0.39 is 5.97 Å². The second kappa shape index (κ2) is 41.9. The Balaban J connectivity index is 0. The number of rotatable bonds is 35. The van der Waals surface area contributed by atoms with Crippen molar-refractivity contribution in [3.05, 3.63) is 0 Å². The fraction of sp³-hybridized carbons (Fsp3) is 0.950. The molecule has 0 aliphatic heterocycles. The topological polar surface area (TPSA) is 63.6 Å². The van der Waals surface area contributed by atoms with Crippen molar-refractivity contribution in [3.8, 4) is 0 Å². The van der Waals surface area contributed by atoms with E-state index in [1.807, 2.05) is 0 Å². The molecular weight excluding hydrogens is 544 g/mol. The van der Waals surface area contributed by atoms with Crippen molar-refractivity contribution in [2.45, 2.75) is 239 Å². The molecule has 0 spiro atoms. The highest BCUT2D eigenvalue weighted by atomic mass is 16.5. The molecule has 1 N–H and O–H groups in total. The second-order valence-electron chi connectivity index (χ2n) is 13.4. The first kappa shape index (κ1) is 45.1. The maximum atomic E-state index is 11.7. The highest BCUT2D eigenvalue weighted by Gasteiger charge is 2.02. The molecule has 0 aliphatic carbocycles. The van der Waals surface area contributed by atoms with Crippen molar-refractivity contribution in [1.29, 1.82) is 0 Å². The van der Waals surface area contributed by atoms with Gasteiger partial charge in [-0.3, -0.25) is 9.59 Å². The molecular formula is C40H80O4. The van der Waals surface area contributed by atoms with Gasteiger partial charge in [0, 0.05) is 12.8 Å². The maximum absolute atomic E-state index is 11.7. The third-order valence-electron chi connectivity index (χ3n) is 8.74. The van der Waals surface area contributed by atoms with E-state index in [0.29, 0.717) is 19.4 Å². The van der Waals surface area contributed by atoms with Crippen LogP contribution in [-0.2, 0) is 14.3 Å². The molecule has 0 aromatic heterocycles. The standard InChI is InChI=1S/C24H48O2.C16H32O2/c1-3-5-7-9-11-12-13-14-15-16-17-18-20-22-24(25)26-23-21-19-10-8-6-4-2;1-2-3-4-5-6-7-8-9-10-11-12-13-14-15-16(17)18/h3-23H2,1-2H3;2-15H2,1H3,(H,17,18). The van der Waals surface area contributed by atoms with Gasteiger partial charge in [0.05, 0.1) is 6.61 Å². The van der Waals surface area contributed by atoms with E-state index in [1.54, 1.807) is 0 Å². The van der Waals surface area contributed by atoms with Crippen molar-refractivity contribution in [1.82, 2.24) is 0 Å². The van der Waals surface area contributed by atoms with Gasteiger partial charge in [0.2, 0.25) is 0 Å². The normalized spacial score (nSPS) is 10.9. The van der Waals surface area contributed by atoms with E-state index in [4.69, 9.17) is 9.84 Å². The summed E-state index contributed by atoms with van der Waals surface area (Å²) in [7, 11) is 0. The van der Waals surface area contributed by atoms with Crippen LogP contribution in [0.4, 0.5) is 0 Å². The van der Waals surface area contributed by atoms with E-state index in [9.17, 15) is 9.59 Å². The van der Waals surface area contributed by atoms with Crippen molar-refractivity contribution >= 4 is 11.9 Å². The molecule has 4 nitrogen and oxygen atoms in total. The van der Waals surface area contributed by atoms with E-state index in [1.165, 1.54) is 180 Å². The molecule has 0 radical (unpaired) electrons. The molecule has 0 atom stereocenters. The summed E-state index contributed by atoms with van der Waals surface area (Å²) < 4.78 is 5.32. The molecule has 0 aromatic carbocycles. The minimum atomic E-state index is -0.655. The molecule has 264 valence electrons. The van der Waals surface area contributed by atoms with Crippen LogP contribution >= 0.6 is 0 Å². The van der Waals surface area contributed by atoms with Crippen molar-refractivity contribution < 1.29 is 19.4 Å². The van der Waals surface area contributed by atoms with Gasteiger partial charge in [0.1, 0.15) is 0 Å². The molecule has 0 unspecified atom stereocenters. The lowest BCUT2D eigenvalue weighted by Gasteiger charge is -2.05. The Morgan fingerprint density at radius 1 is 0.364 bits per heavy atom. The van der Waals surface area contributed by atoms with Gasteiger partial charge in [-0.2, -0.15) is 0 Å². The van der Waals surface area contributed by atoms with Gasteiger partial charge in [-0.05, 0) is 19.3 Å². The number of esters is 1.